The van der Waals surface area contributed by atoms with Gasteiger partial charge in [0, 0.05) is 31.6 Å². The van der Waals surface area contributed by atoms with E-state index in [0.29, 0.717) is 30.0 Å². The van der Waals surface area contributed by atoms with Gasteiger partial charge >= 0.3 is 0 Å². The van der Waals surface area contributed by atoms with E-state index in [4.69, 9.17) is 10.1 Å². The molecule has 0 radical (unpaired) electrons. The number of fused-ring (bicyclic) bond motifs is 1. The van der Waals surface area contributed by atoms with Crippen LogP contribution in [0.5, 0.6) is 0 Å². The fraction of sp³-hybridized carbons (Fsp3) is 0.727. The first-order valence-electron chi connectivity index (χ1n) is 10.3. The van der Waals surface area contributed by atoms with E-state index in [2.05, 4.69) is 64.2 Å². The number of allylic oxidation sites excluding steroid dienone is 1. The first-order chi connectivity index (χ1) is 12.4. The molecule has 1 aliphatic carbocycles. The van der Waals surface area contributed by atoms with Gasteiger partial charge in [-0.2, -0.15) is 5.10 Å². The van der Waals surface area contributed by atoms with E-state index < -0.39 is 0 Å². The van der Waals surface area contributed by atoms with Crippen LogP contribution in [0.25, 0.3) is 0 Å². The molecule has 0 aromatic carbocycles. The van der Waals surface area contributed by atoms with Crippen LogP contribution in [0.4, 0.5) is 0 Å². The molecule has 3 rings (SSSR count). The summed E-state index contributed by atoms with van der Waals surface area (Å²) >= 11 is 0. The monoisotopic (exact) mass is 356 g/mol. The molecule has 0 spiro atoms. The normalized spacial score (nSPS) is 31.0. The second-order valence-corrected chi connectivity index (χ2v) is 8.61. The first kappa shape index (κ1) is 19.2. The van der Waals surface area contributed by atoms with Crippen LogP contribution in [-0.2, 0) is 0 Å². The molecule has 2 heterocycles. The zero-order valence-electron chi connectivity index (χ0n) is 17.5. The summed E-state index contributed by atoms with van der Waals surface area (Å²) in [7, 11) is 2.10. The Kier molecular flexibility index (Phi) is 5.59. The highest BCUT2D eigenvalue weighted by molar-refractivity contribution is 5.96. The van der Waals surface area contributed by atoms with Crippen molar-refractivity contribution in [1.82, 2.24) is 9.91 Å². The van der Waals surface area contributed by atoms with Crippen LogP contribution in [0.3, 0.4) is 0 Å². The smallest absolute Gasteiger partial charge is 0.101 e. The molecule has 1 fully saturated rings. The minimum Gasteiger partial charge on any atom is -0.351 e. The van der Waals surface area contributed by atoms with Gasteiger partial charge in [0.15, 0.2) is 0 Å². The van der Waals surface area contributed by atoms with Gasteiger partial charge in [0.1, 0.15) is 5.84 Å². The Hall–Kier alpha value is -1.58. The van der Waals surface area contributed by atoms with Crippen LogP contribution in [0.1, 0.15) is 60.3 Å². The highest BCUT2D eigenvalue weighted by atomic mass is 15.5. The number of nitrogens with zero attached hydrogens (tertiary/aromatic N) is 4. The topological polar surface area (TPSA) is 31.2 Å². The summed E-state index contributed by atoms with van der Waals surface area (Å²) in [6.45, 7) is 16.4. The van der Waals surface area contributed by atoms with E-state index in [1.54, 1.807) is 0 Å². The molecule has 144 valence electrons. The van der Waals surface area contributed by atoms with Crippen molar-refractivity contribution in [3.63, 3.8) is 0 Å². The predicted molar refractivity (Wildman–Crippen MR) is 112 cm³/mol. The van der Waals surface area contributed by atoms with Crippen molar-refractivity contribution in [3.05, 3.63) is 23.8 Å². The summed E-state index contributed by atoms with van der Waals surface area (Å²) in [5, 5.41) is 6.97. The van der Waals surface area contributed by atoms with Gasteiger partial charge in [0.25, 0.3) is 0 Å². The Morgan fingerprint density at radius 1 is 1.38 bits per heavy atom. The molecule has 26 heavy (non-hydrogen) atoms. The summed E-state index contributed by atoms with van der Waals surface area (Å²) in [6, 6.07) is 1.62. The molecule has 0 aromatic heterocycles. The van der Waals surface area contributed by atoms with Gasteiger partial charge in [-0.1, -0.05) is 45.4 Å². The maximum atomic E-state index is 5.07. The predicted octanol–water partition coefficient (Wildman–Crippen LogP) is 4.50. The molecule has 4 heteroatoms. The van der Waals surface area contributed by atoms with Crippen LogP contribution < -0.4 is 0 Å². The van der Waals surface area contributed by atoms with E-state index in [1.165, 1.54) is 35.5 Å². The van der Waals surface area contributed by atoms with Gasteiger partial charge in [-0.05, 0) is 38.2 Å². The second kappa shape index (κ2) is 7.58. The van der Waals surface area contributed by atoms with Crippen molar-refractivity contribution in [1.29, 1.82) is 0 Å². The number of amidine groups is 1. The number of aliphatic imine (C=N–C) groups is 1. The Morgan fingerprint density at radius 3 is 2.73 bits per heavy atom. The van der Waals surface area contributed by atoms with Crippen molar-refractivity contribution < 1.29 is 0 Å². The standard InChI is InChI=1S/C22H36N4/c1-8-10-15(5)17(9-2)13-26-20-12-19(20)23-21(26)11-18-16(6)25(7)24-22(18)14(3)4/h9,14,16,18-20H,2,8,10-13H2,1,3-7H3/b17-15+/t16-,18+,19+,20-/m0/s1. The summed E-state index contributed by atoms with van der Waals surface area (Å²) < 4.78 is 0. The third-order valence-electron chi connectivity index (χ3n) is 6.35. The fourth-order valence-corrected chi connectivity index (χ4v) is 4.44. The van der Waals surface area contributed by atoms with Crippen LogP contribution in [0, 0.1) is 11.8 Å². The Balaban J connectivity index is 1.76. The quantitative estimate of drug-likeness (QED) is 0.600. The molecule has 0 amide bonds. The molecule has 3 aliphatic rings. The Morgan fingerprint density at radius 2 is 2.12 bits per heavy atom. The average molecular weight is 357 g/mol. The molecule has 0 saturated heterocycles. The zero-order valence-corrected chi connectivity index (χ0v) is 17.5. The fourth-order valence-electron chi connectivity index (χ4n) is 4.44. The van der Waals surface area contributed by atoms with E-state index in [9.17, 15) is 0 Å². The summed E-state index contributed by atoms with van der Waals surface area (Å²) in [5.74, 6) is 2.27. The van der Waals surface area contributed by atoms with E-state index in [0.717, 1.165) is 19.4 Å². The largest absolute Gasteiger partial charge is 0.351 e. The highest BCUT2D eigenvalue weighted by Crippen LogP contribution is 2.40. The third-order valence-corrected chi connectivity index (χ3v) is 6.35. The molecule has 0 bridgehead atoms. The SMILES string of the molecule is C=C/C(CN1C(C[C@H]2C(C(C)C)=NN(C)[C@H]2C)=N[C@@H]2C[C@@H]21)=C(/C)CCC. The molecular formula is C22H36N4. The van der Waals surface area contributed by atoms with E-state index in [-0.39, 0.29) is 0 Å². The van der Waals surface area contributed by atoms with Gasteiger partial charge in [-0.25, -0.2) is 0 Å². The molecule has 0 N–H and O–H groups in total. The Labute approximate surface area is 159 Å². The van der Waals surface area contributed by atoms with Crippen molar-refractivity contribution in [2.75, 3.05) is 13.6 Å². The minimum atomic E-state index is 0.449. The molecule has 2 aliphatic heterocycles. The third kappa shape index (κ3) is 3.60. The van der Waals surface area contributed by atoms with Gasteiger partial charge in [-0.3, -0.25) is 10.0 Å². The van der Waals surface area contributed by atoms with Crippen molar-refractivity contribution in [2.45, 2.75) is 78.4 Å². The van der Waals surface area contributed by atoms with Crippen molar-refractivity contribution in [2.24, 2.45) is 21.9 Å². The summed E-state index contributed by atoms with van der Waals surface area (Å²) in [4.78, 5) is 7.64. The van der Waals surface area contributed by atoms with Crippen LogP contribution in [0.15, 0.2) is 33.9 Å². The summed E-state index contributed by atoms with van der Waals surface area (Å²) in [6.07, 6.45) is 6.66. The van der Waals surface area contributed by atoms with Crippen molar-refractivity contribution >= 4 is 11.5 Å². The maximum absolute atomic E-state index is 5.07. The maximum Gasteiger partial charge on any atom is 0.101 e. The molecular weight excluding hydrogens is 320 g/mol. The first-order valence-corrected chi connectivity index (χ1v) is 10.3. The second-order valence-electron chi connectivity index (χ2n) is 8.61. The molecule has 4 nitrogen and oxygen atoms in total. The average Bonchev–Trinajstić information content (AvgIpc) is 3.20. The number of rotatable bonds is 8. The van der Waals surface area contributed by atoms with Gasteiger partial charge < -0.3 is 4.90 Å². The lowest BCUT2D eigenvalue weighted by molar-refractivity contribution is 0.264. The van der Waals surface area contributed by atoms with Gasteiger partial charge in [0.05, 0.1) is 18.1 Å². The summed E-state index contributed by atoms with van der Waals surface area (Å²) in [5.41, 5.74) is 4.20. The number of hydrogen-bond donors (Lipinski definition) is 0. The van der Waals surface area contributed by atoms with Crippen LogP contribution in [-0.4, -0.2) is 53.2 Å². The van der Waals surface area contributed by atoms with Crippen molar-refractivity contribution in [3.8, 4) is 0 Å². The minimum absolute atomic E-state index is 0.449. The molecule has 4 atom stereocenters. The van der Waals surface area contributed by atoms with E-state index >= 15 is 0 Å². The molecule has 1 saturated carbocycles. The van der Waals surface area contributed by atoms with Crippen LogP contribution in [0.2, 0.25) is 0 Å². The zero-order chi connectivity index (χ0) is 19.0. The lowest BCUT2D eigenvalue weighted by Crippen LogP contribution is -2.38. The van der Waals surface area contributed by atoms with E-state index in [1.807, 2.05) is 0 Å². The van der Waals surface area contributed by atoms with Crippen LogP contribution >= 0.6 is 0 Å². The lowest BCUT2D eigenvalue weighted by Gasteiger charge is -2.29. The number of hydrazone groups is 1. The Bertz CT molecular complexity index is 643. The van der Waals surface area contributed by atoms with Gasteiger partial charge in [-0.15, -0.1) is 0 Å². The highest BCUT2D eigenvalue weighted by Gasteiger charge is 2.49. The molecule has 0 aromatic rings. The number of hydrogen-bond acceptors (Lipinski definition) is 4. The lowest BCUT2D eigenvalue weighted by atomic mass is 9.87. The van der Waals surface area contributed by atoms with Gasteiger partial charge in [0.2, 0.25) is 0 Å². The molecule has 0 unspecified atom stereocenters.